The van der Waals surface area contributed by atoms with Crippen LogP contribution in [0, 0.1) is 11.8 Å². The lowest BCUT2D eigenvalue weighted by atomic mass is 9.95. The van der Waals surface area contributed by atoms with Crippen LogP contribution in [-0.2, 0) is 25.6 Å². The first kappa shape index (κ1) is 31.1. The molecule has 0 fully saturated rings. The molecular weight excluding hydrogens is 460 g/mol. The third-order valence-electron chi connectivity index (χ3n) is 5.92. The Morgan fingerprint density at radius 2 is 1.58 bits per heavy atom. The van der Waals surface area contributed by atoms with Crippen molar-refractivity contribution in [3.05, 3.63) is 35.9 Å². The molecule has 0 saturated heterocycles. The van der Waals surface area contributed by atoms with Crippen molar-refractivity contribution in [1.82, 2.24) is 16.0 Å². The van der Waals surface area contributed by atoms with Gasteiger partial charge in [-0.3, -0.25) is 19.2 Å². The third-order valence-corrected chi connectivity index (χ3v) is 5.92. The van der Waals surface area contributed by atoms with Crippen molar-refractivity contribution in [3.63, 3.8) is 0 Å². The molecule has 0 saturated carbocycles. The van der Waals surface area contributed by atoms with Crippen LogP contribution in [0.25, 0.3) is 0 Å². The zero-order valence-corrected chi connectivity index (χ0v) is 22.3. The third kappa shape index (κ3) is 11.7. The summed E-state index contributed by atoms with van der Waals surface area (Å²) in [5, 5.41) is 17.7. The number of carbonyl (C=O) groups excluding carboxylic acids is 3. The lowest BCUT2D eigenvalue weighted by Crippen LogP contribution is -2.59. The van der Waals surface area contributed by atoms with Crippen LogP contribution in [0.1, 0.15) is 72.3 Å². The van der Waals surface area contributed by atoms with Gasteiger partial charge < -0.3 is 26.8 Å². The lowest BCUT2D eigenvalue weighted by Gasteiger charge is -2.30. The Morgan fingerprint density at radius 3 is 2.11 bits per heavy atom. The number of unbranched alkanes of at least 4 members (excludes halogenated alkanes) is 1. The van der Waals surface area contributed by atoms with Gasteiger partial charge in [-0.2, -0.15) is 0 Å². The minimum atomic E-state index is -1.06. The van der Waals surface area contributed by atoms with Crippen molar-refractivity contribution in [2.75, 3.05) is 0 Å². The number of aliphatic carboxylic acids is 1. The standard InChI is InChI=1S/C27H44N4O5/c1-6-7-13-23(32)29-22(14-17(2)3)26(35)31-25(18(4)5)27(36)30-21(20(28)16-24(33)34)15-19-11-9-8-10-12-19/h8-12,17-18,20-22,25H,6-7,13-16,28H2,1-5H3,(H,29,32)(H,30,36)(H,31,35)(H,33,34)/t20-,21-,22-,25-/m0/s1. The maximum Gasteiger partial charge on any atom is 0.305 e. The Hall–Kier alpha value is -2.94. The van der Waals surface area contributed by atoms with Gasteiger partial charge in [-0.1, -0.05) is 71.4 Å². The van der Waals surface area contributed by atoms with Gasteiger partial charge in [0.2, 0.25) is 17.7 Å². The topological polar surface area (TPSA) is 151 Å². The van der Waals surface area contributed by atoms with Gasteiger partial charge in [0.15, 0.2) is 0 Å². The molecule has 1 rings (SSSR count). The zero-order valence-electron chi connectivity index (χ0n) is 22.3. The number of rotatable bonds is 16. The number of carboxylic acid groups (broad SMARTS) is 1. The maximum absolute atomic E-state index is 13.3. The van der Waals surface area contributed by atoms with Crippen LogP contribution >= 0.6 is 0 Å². The molecule has 0 spiro atoms. The molecule has 0 aliphatic rings. The Kier molecular flexibility index (Phi) is 13.8. The average molecular weight is 505 g/mol. The molecule has 36 heavy (non-hydrogen) atoms. The van der Waals surface area contributed by atoms with Gasteiger partial charge in [-0.15, -0.1) is 0 Å². The largest absolute Gasteiger partial charge is 0.481 e. The van der Waals surface area contributed by atoms with E-state index >= 15 is 0 Å². The fourth-order valence-corrected chi connectivity index (χ4v) is 3.89. The summed E-state index contributed by atoms with van der Waals surface area (Å²) in [6, 6.07) is 6.25. The second-order valence-corrected chi connectivity index (χ2v) is 10.1. The number of nitrogens with two attached hydrogens (primary N) is 1. The Labute approximate surface area is 215 Å². The maximum atomic E-state index is 13.3. The van der Waals surface area contributed by atoms with E-state index < -0.39 is 42.0 Å². The Morgan fingerprint density at radius 1 is 0.944 bits per heavy atom. The summed E-state index contributed by atoms with van der Waals surface area (Å²) >= 11 is 0. The van der Waals surface area contributed by atoms with Gasteiger partial charge >= 0.3 is 5.97 Å². The van der Waals surface area contributed by atoms with E-state index in [1.807, 2.05) is 65.0 Å². The van der Waals surface area contributed by atoms with Crippen molar-refractivity contribution in [2.24, 2.45) is 17.6 Å². The number of carboxylic acids is 1. The number of nitrogens with one attached hydrogen (secondary N) is 3. The summed E-state index contributed by atoms with van der Waals surface area (Å²) in [5.41, 5.74) is 7.06. The predicted octanol–water partition coefficient (Wildman–Crippen LogP) is 2.38. The second kappa shape index (κ2) is 15.9. The first-order valence-corrected chi connectivity index (χ1v) is 12.9. The first-order chi connectivity index (χ1) is 16.9. The van der Waals surface area contributed by atoms with E-state index in [4.69, 9.17) is 5.73 Å². The van der Waals surface area contributed by atoms with E-state index in [0.717, 1.165) is 18.4 Å². The second-order valence-electron chi connectivity index (χ2n) is 10.1. The van der Waals surface area contributed by atoms with E-state index in [-0.39, 0.29) is 24.2 Å². The van der Waals surface area contributed by atoms with E-state index in [2.05, 4.69) is 16.0 Å². The molecule has 1 aromatic rings. The highest BCUT2D eigenvalue weighted by Gasteiger charge is 2.31. The quantitative estimate of drug-likeness (QED) is 0.233. The molecule has 9 nitrogen and oxygen atoms in total. The number of amides is 3. The Balaban J connectivity index is 3.01. The van der Waals surface area contributed by atoms with E-state index in [1.54, 1.807) is 0 Å². The minimum absolute atomic E-state index is 0.155. The van der Waals surface area contributed by atoms with E-state index in [0.29, 0.717) is 19.3 Å². The van der Waals surface area contributed by atoms with Crippen LogP contribution in [0.5, 0.6) is 0 Å². The van der Waals surface area contributed by atoms with Crippen LogP contribution in [-0.4, -0.2) is 53.0 Å². The molecule has 0 heterocycles. The van der Waals surface area contributed by atoms with Crippen molar-refractivity contribution in [1.29, 1.82) is 0 Å². The van der Waals surface area contributed by atoms with Crippen LogP contribution in [0.15, 0.2) is 30.3 Å². The fourth-order valence-electron chi connectivity index (χ4n) is 3.89. The first-order valence-electron chi connectivity index (χ1n) is 12.9. The molecule has 202 valence electrons. The SMILES string of the molecule is CCCCC(=O)N[C@@H](CC(C)C)C(=O)N[C@H](C(=O)N[C@@H](Cc1ccccc1)[C@@H](N)CC(=O)O)C(C)C. The van der Waals surface area contributed by atoms with Crippen LogP contribution < -0.4 is 21.7 Å². The van der Waals surface area contributed by atoms with Gasteiger partial charge in [0.1, 0.15) is 12.1 Å². The summed E-state index contributed by atoms with van der Waals surface area (Å²) in [4.78, 5) is 50.0. The summed E-state index contributed by atoms with van der Waals surface area (Å²) in [6.07, 6.45) is 2.43. The molecule has 6 N–H and O–H groups in total. The molecule has 0 aromatic heterocycles. The molecule has 0 aliphatic carbocycles. The number of hydrogen-bond acceptors (Lipinski definition) is 5. The van der Waals surface area contributed by atoms with E-state index in [1.165, 1.54) is 0 Å². The molecular formula is C27H44N4O5. The molecule has 3 amide bonds. The van der Waals surface area contributed by atoms with Gasteiger partial charge in [0.25, 0.3) is 0 Å². The minimum Gasteiger partial charge on any atom is -0.481 e. The van der Waals surface area contributed by atoms with Gasteiger partial charge in [-0.05, 0) is 36.7 Å². The molecule has 9 heteroatoms. The summed E-state index contributed by atoms with van der Waals surface area (Å²) < 4.78 is 0. The highest BCUT2D eigenvalue weighted by molar-refractivity contribution is 5.92. The summed E-state index contributed by atoms with van der Waals surface area (Å²) in [7, 11) is 0. The van der Waals surface area contributed by atoms with Crippen LogP contribution in [0.3, 0.4) is 0 Å². The van der Waals surface area contributed by atoms with Gasteiger partial charge in [-0.25, -0.2) is 0 Å². The van der Waals surface area contributed by atoms with Crippen molar-refractivity contribution in [2.45, 2.75) is 97.3 Å². The summed E-state index contributed by atoms with van der Waals surface area (Å²) in [5.74, 6) is -2.21. The monoisotopic (exact) mass is 504 g/mol. The molecule has 4 atom stereocenters. The van der Waals surface area contributed by atoms with Crippen molar-refractivity contribution in [3.8, 4) is 0 Å². The zero-order chi connectivity index (χ0) is 27.3. The molecule has 0 bridgehead atoms. The van der Waals surface area contributed by atoms with Crippen molar-refractivity contribution >= 4 is 23.7 Å². The lowest BCUT2D eigenvalue weighted by molar-refractivity contribution is -0.138. The van der Waals surface area contributed by atoms with Gasteiger partial charge in [0.05, 0.1) is 6.42 Å². The predicted molar refractivity (Wildman–Crippen MR) is 140 cm³/mol. The molecule has 0 unspecified atom stereocenters. The highest BCUT2D eigenvalue weighted by atomic mass is 16.4. The normalized spacial score (nSPS) is 14.6. The van der Waals surface area contributed by atoms with Crippen molar-refractivity contribution < 1.29 is 24.3 Å². The number of carbonyl (C=O) groups is 4. The number of hydrogen-bond donors (Lipinski definition) is 5. The van der Waals surface area contributed by atoms with Crippen LogP contribution in [0.4, 0.5) is 0 Å². The summed E-state index contributed by atoms with van der Waals surface area (Å²) in [6.45, 7) is 9.54. The average Bonchev–Trinajstić information content (AvgIpc) is 2.79. The fraction of sp³-hybridized carbons (Fsp3) is 0.630. The highest BCUT2D eigenvalue weighted by Crippen LogP contribution is 2.12. The smallest absolute Gasteiger partial charge is 0.305 e. The molecule has 0 aliphatic heterocycles. The number of benzene rings is 1. The van der Waals surface area contributed by atoms with Crippen LogP contribution in [0.2, 0.25) is 0 Å². The molecule has 0 radical (unpaired) electrons. The van der Waals surface area contributed by atoms with E-state index in [9.17, 15) is 24.3 Å². The molecule has 1 aromatic carbocycles. The van der Waals surface area contributed by atoms with Gasteiger partial charge in [0, 0.05) is 18.5 Å². The Bertz CT molecular complexity index is 844.